The molecule has 0 spiro atoms. The molecule has 0 saturated heterocycles. The summed E-state index contributed by atoms with van der Waals surface area (Å²) < 4.78 is 0. The van der Waals surface area contributed by atoms with Crippen molar-refractivity contribution in [1.82, 2.24) is 16.0 Å². The van der Waals surface area contributed by atoms with E-state index in [2.05, 4.69) is 28.6 Å². The lowest BCUT2D eigenvalue weighted by molar-refractivity contribution is -0.142. The first-order valence-corrected chi connectivity index (χ1v) is 12.7. The van der Waals surface area contributed by atoms with Crippen LogP contribution in [-0.2, 0) is 36.8 Å². The predicted molar refractivity (Wildman–Crippen MR) is 144 cm³/mol. The van der Waals surface area contributed by atoms with Crippen LogP contribution >= 0.6 is 12.6 Å². The van der Waals surface area contributed by atoms with Crippen LogP contribution in [0.4, 0.5) is 0 Å². The number of benzene rings is 2. The molecule has 39 heavy (non-hydrogen) atoms. The number of carbonyl (C=O) groups is 5. The number of carboxylic acids is 2. The van der Waals surface area contributed by atoms with Gasteiger partial charge < -0.3 is 37.0 Å². The number of carbonyl (C=O) groups excluding carboxylic acids is 3. The van der Waals surface area contributed by atoms with E-state index in [1.54, 1.807) is 36.4 Å². The third-order valence-electron chi connectivity index (χ3n) is 5.72. The Kier molecular flexibility index (Phi) is 12.2. The fourth-order valence-corrected chi connectivity index (χ4v) is 3.83. The van der Waals surface area contributed by atoms with Gasteiger partial charge in [0.25, 0.3) is 0 Å². The van der Waals surface area contributed by atoms with Crippen LogP contribution in [-0.4, -0.2) is 74.9 Å². The van der Waals surface area contributed by atoms with Crippen LogP contribution < -0.4 is 21.7 Å². The molecular weight excluding hydrogens is 528 g/mol. The second-order valence-corrected chi connectivity index (χ2v) is 9.17. The Morgan fingerprint density at radius 1 is 0.744 bits per heavy atom. The molecule has 2 rings (SSSR count). The van der Waals surface area contributed by atoms with E-state index in [9.17, 15) is 34.2 Å². The summed E-state index contributed by atoms with van der Waals surface area (Å²) in [6, 6.07) is 9.90. The monoisotopic (exact) mass is 560 g/mol. The number of aromatic hydroxyl groups is 1. The maximum atomic E-state index is 13.3. The van der Waals surface area contributed by atoms with Crippen molar-refractivity contribution in [2.75, 3.05) is 5.75 Å². The summed E-state index contributed by atoms with van der Waals surface area (Å²) in [5.74, 6) is -5.19. The zero-order valence-electron chi connectivity index (χ0n) is 20.9. The SMILES string of the molecule is N[C@@H](Cc1ccccc1)C(=O)N[C@@H](Cc1ccc(O)cc1)C(=O)N[C@@H](CCC(=O)O)C(=O)N[C@@H](CS)C(=O)O. The van der Waals surface area contributed by atoms with Crippen LogP contribution in [0.25, 0.3) is 0 Å². The number of phenols is 1. The van der Waals surface area contributed by atoms with Gasteiger partial charge in [-0.05, 0) is 36.1 Å². The Morgan fingerprint density at radius 2 is 1.28 bits per heavy atom. The lowest BCUT2D eigenvalue weighted by atomic mass is 10.0. The van der Waals surface area contributed by atoms with Crippen molar-refractivity contribution >= 4 is 42.3 Å². The highest BCUT2D eigenvalue weighted by atomic mass is 32.1. The molecule has 0 heterocycles. The van der Waals surface area contributed by atoms with E-state index in [4.69, 9.17) is 10.8 Å². The first-order chi connectivity index (χ1) is 18.5. The number of nitrogens with two attached hydrogens (primary N) is 1. The van der Waals surface area contributed by atoms with Gasteiger partial charge in [-0.2, -0.15) is 12.6 Å². The maximum Gasteiger partial charge on any atom is 0.327 e. The van der Waals surface area contributed by atoms with Gasteiger partial charge in [0.2, 0.25) is 17.7 Å². The second kappa shape index (κ2) is 15.3. The number of rotatable bonds is 15. The number of nitrogens with one attached hydrogen (secondary N) is 3. The highest BCUT2D eigenvalue weighted by Gasteiger charge is 2.30. The smallest absolute Gasteiger partial charge is 0.327 e. The van der Waals surface area contributed by atoms with Crippen molar-refractivity contribution in [2.24, 2.45) is 5.73 Å². The average molecular weight is 561 g/mol. The first kappa shape index (κ1) is 31.1. The summed E-state index contributed by atoms with van der Waals surface area (Å²) in [5.41, 5.74) is 7.45. The highest BCUT2D eigenvalue weighted by Crippen LogP contribution is 2.12. The minimum atomic E-state index is -1.41. The molecule has 8 N–H and O–H groups in total. The molecule has 210 valence electrons. The lowest BCUT2D eigenvalue weighted by Gasteiger charge is -2.25. The van der Waals surface area contributed by atoms with Gasteiger partial charge in [-0.15, -0.1) is 0 Å². The Hall–Kier alpha value is -4.10. The van der Waals surface area contributed by atoms with Crippen molar-refractivity contribution in [3.8, 4) is 5.75 Å². The molecule has 0 fully saturated rings. The molecular formula is C26H32N4O8S. The lowest BCUT2D eigenvalue weighted by Crippen LogP contribution is -2.58. The van der Waals surface area contributed by atoms with E-state index in [1.165, 1.54) is 12.1 Å². The van der Waals surface area contributed by atoms with Crippen molar-refractivity contribution < 1.29 is 39.3 Å². The number of hydrogen-bond acceptors (Lipinski definition) is 8. The fourth-order valence-electron chi connectivity index (χ4n) is 3.58. The van der Waals surface area contributed by atoms with Gasteiger partial charge in [0, 0.05) is 18.6 Å². The van der Waals surface area contributed by atoms with Gasteiger partial charge in [0.05, 0.1) is 6.04 Å². The van der Waals surface area contributed by atoms with E-state index in [1.807, 2.05) is 6.07 Å². The molecule has 0 aliphatic rings. The highest BCUT2D eigenvalue weighted by molar-refractivity contribution is 7.80. The molecule has 0 aromatic heterocycles. The number of thiol groups is 1. The number of phenolic OH excluding ortho intramolecular Hbond substituents is 1. The van der Waals surface area contributed by atoms with Crippen molar-refractivity contribution in [3.63, 3.8) is 0 Å². The minimum Gasteiger partial charge on any atom is -0.508 e. The first-order valence-electron chi connectivity index (χ1n) is 12.0. The molecule has 0 aliphatic carbocycles. The molecule has 0 radical (unpaired) electrons. The van der Waals surface area contributed by atoms with Gasteiger partial charge in [-0.25, -0.2) is 4.79 Å². The molecule has 4 atom stereocenters. The van der Waals surface area contributed by atoms with Crippen LogP contribution in [0, 0.1) is 0 Å². The van der Waals surface area contributed by atoms with Crippen LogP contribution in [0.2, 0.25) is 0 Å². The number of carboxylic acid groups (broad SMARTS) is 2. The zero-order valence-corrected chi connectivity index (χ0v) is 21.8. The van der Waals surface area contributed by atoms with Crippen LogP contribution in [0.3, 0.4) is 0 Å². The van der Waals surface area contributed by atoms with Crippen molar-refractivity contribution in [2.45, 2.75) is 49.9 Å². The Bertz CT molecular complexity index is 1150. The summed E-state index contributed by atoms with van der Waals surface area (Å²) in [7, 11) is 0. The Morgan fingerprint density at radius 3 is 1.85 bits per heavy atom. The Labute approximate surface area is 230 Å². The van der Waals surface area contributed by atoms with E-state index in [-0.39, 0.29) is 30.8 Å². The van der Waals surface area contributed by atoms with Gasteiger partial charge in [-0.1, -0.05) is 42.5 Å². The van der Waals surface area contributed by atoms with E-state index < -0.39 is 60.2 Å². The molecule has 0 bridgehead atoms. The van der Waals surface area contributed by atoms with Gasteiger partial charge in [0.15, 0.2) is 0 Å². The van der Waals surface area contributed by atoms with Crippen LogP contribution in [0.1, 0.15) is 24.0 Å². The summed E-state index contributed by atoms with van der Waals surface area (Å²) in [6.07, 6.45) is -0.672. The molecule has 3 amide bonds. The topological polar surface area (TPSA) is 208 Å². The van der Waals surface area contributed by atoms with E-state index in [0.29, 0.717) is 5.56 Å². The maximum absolute atomic E-state index is 13.3. The number of aliphatic carboxylic acids is 2. The quantitative estimate of drug-likeness (QED) is 0.136. The summed E-state index contributed by atoms with van der Waals surface area (Å²) in [4.78, 5) is 61.4. The molecule has 12 nitrogen and oxygen atoms in total. The third kappa shape index (κ3) is 10.7. The van der Waals surface area contributed by atoms with E-state index >= 15 is 0 Å². The third-order valence-corrected chi connectivity index (χ3v) is 6.09. The second-order valence-electron chi connectivity index (χ2n) is 8.80. The van der Waals surface area contributed by atoms with Gasteiger partial charge in [0.1, 0.15) is 23.9 Å². The van der Waals surface area contributed by atoms with Gasteiger partial charge >= 0.3 is 11.9 Å². The normalized spacial score (nSPS) is 13.8. The molecule has 2 aromatic rings. The van der Waals surface area contributed by atoms with Crippen molar-refractivity contribution in [3.05, 3.63) is 65.7 Å². The molecule has 2 aromatic carbocycles. The molecule has 0 aliphatic heterocycles. The largest absolute Gasteiger partial charge is 0.508 e. The minimum absolute atomic E-state index is 0.00347. The van der Waals surface area contributed by atoms with Crippen LogP contribution in [0.15, 0.2) is 54.6 Å². The van der Waals surface area contributed by atoms with E-state index in [0.717, 1.165) is 5.56 Å². The fraction of sp³-hybridized carbons (Fsp3) is 0.346. The molecule has 13 heteroatoms. The average Bonchev–Trinajstić information content (AvgIpc) is 2.90. The summed E-state index contributed by atoms with van der Waals surface area (Å²) in [6.45, 7) is 0. The van der Waals surface area contributed by atoms with Crippen LogP contribution in [0.5, 0.6) is 5.75 Å². The standard InChI is InChI=1S/C26H32N4O8S/c27-18(12-15-4-2-1-3-5-15)23(34)29-20(13-16-6-8-17(31)9-7-16)25(36)28-19(10-11-22(32)33)24(35)30-21(14-39)26(37)38/h1-9,18-21,31,39H,10-14,27H2,(H,28,36)(H,29,34)(H,30,35)(H,32,33)(H,37,38)/t18-,19-,20-,21-/m0/s1. The van der Waals surface area contributed by atoms with Gasteiger partial charge in [-0.3, -0.25) is 19.2 Å². The predicted octanol–water partition coefficient (Wildman–Crippen LogP) is -0.162. The summed E-state index contributed by atoms with van der Waals surface area (Å²) >= 11 is 3.89. The molecule has 0 saturated carbocycles. The van der Waals surface area contributed by atoms with Crippen molar-refractivity contribution in [1.29, 1.82) is 0 Å². The number of amides is 3. The number of hydrogen-bond donors (Lipinski definition) is 8. The molecule has 0 unspecified atom stereocenters. The zero-order chi connectivity index (χ0) is 28.9. The Balaban J connectivity index is 2.23. The summed E-state index contributed by atoms with van der Waals surface area (Å²) in [5, 5.41) is 35.1.